The molecule has 1 aromatic rings. The van der Waals surface area contributed by atoms with Crippen molar-refractivity contribution in [3.63, 3.8) is 0 Å². The van der Waals surface area contributed by atoms with Crippen molar-refractivity contribution in [2.24, 2.45) is 0 Å². The molecule has 0 saturated carbocycles. The van der Waals surface area contributed by atoms with Gasteiger partial charge in [0.05, 0.1) is 5.69 Å². The molecule has 1 atom stereocenters. The molecule has 3 rings (SSSR count). The van der Waals surface area contributed by atoms with Gasteiger partial charge in [0.15, 0.2) is 11.5 Å². The summed E-state index contributed by atoms with van der Waals surface area (Å²) in [4.78, 5) is 14.0. The number of nitrogens with zero attached hydrogens (tertiary/aromatic N) is 1. The number of para-hydroxylation sites is 1. The number of amides is 2. The second-order valence-corrected chi connectivity index (χ2v) is 5.63. The second kappa shape index (κ2) is 6.77. The van der Waals surface area contributed by atoms with Crippen molar-refractivity contribution in [2.75, 3.05) is 37.7 Å². The van der Waals surface area contributed by atoms with Gasteiger partial charge < -0.3 is 25.0 Å². The molecule has 0 radical (unpaired) electrons. The van der Waals surface area contributed by atoms with Crippen molar-refractivity contribution in [2.45, 2.75) is 25.8 Å². The number of urea groups is 1. The molecule has 1 aromatic carbocycles. The molecular weight excluding hydrogens is 282 g/mol. The van der Waals surface area contributed by atoms with Crippen molar-refractivity contribution < 1.29 is 14.3 Å². The molecule has 2 aliphatic rings. The number of anilines is 1. The van der Waals surface area contributed by atoms with Crippen LogP contribution in [0.1, 0.15) is 19.8 Å². The molecule has 6 nitrogen and oxygen atoms in total. The highest BCUT2D eigenvalue weighted by molar-refractivity contribution is 5.74. The van der Waals surface area contributed by atoms with E-state index in [0.29, 0.717) is 19.8 Å². The van der Waals surface area contributed by atoms with Gasteiger partial charge in [0.1, 0.15) is 13.2 Å². The SMILES string of the molecule is CCCNC(=O)N[C@H]1CCN(c2cccc3c2OCCO3)C1. The molecule has 22 heavy (non-hydrogen) atoms. The zero-order valence-electron chi connectivity index (χ0n) is 12.9. The Hall–Kier alpha value is -2.11. The summed E-state index contributed by atoms with van der Waals surface area (Å²) in [6, 6.07) is 6.05. The van der Waals surface area contributed by atoms with Crippen LogP contribution in [0.5, 0.6) is 11.5 Å². The summed E-state index contributed by atoms with van der Waals surface area (Å²) in [5, 5.41) is 5.88. The lowest BCUT2D eigenvalue weighted by molar-refractivity contribution is 0.172. The Morgan fingerprint density at radius 3 is 3.09 bits per heavy atom. The van der Waals surface area contributed by atoms with E-state index in [0.717, 1.165) is 43.1 Å². The van der Waals surface area contributed by atoms with Crippen LogP contribution in [0.3, 0.4) is 0 Å². The van der Waals surface area contributed by atoms with E-state index in [1.54, 1.807) is 0 Å². The van der Waals surface area contributed by atoms with Crippen molar-refractivity contribution in [1.29, 1.82) is 0 Å². The molecule has 0 aromatic heterocycles. The van der Waals surface area contributed by atoms with E-state index in [2.05, 4.69) is 15.5 Å². The maximum absolute atomic E-state index is 11.7. The highest BCUT2D eigenvalue weighted by Crippen LogP contribution is 2.40. The van der Waals surface area contributed by atoms with Gasteiger partial charge in [-0.1, -0.05) is 13.0 Å². The fourth-order valence-electron chi connectivity index (χ4n) is 2.88. The van der Waals surface area contributed by atoms with Crippen LogP contribution >= 0.6 is 0 Å². The third-order valence-corrected chi connectivity index (χ3v) is 3.95. The Bertz CT molecular complexity index is 535. The van der Waals surface area contributed by atoms with Crippen LogP contribution in [-0.2, 0) is 0 Å². The molecule has 2 heterocycles. The molecule has 2 amide bonds. The van der Waals surface area contributed by atoms with Gasteiger partial charge in [-0.2, -0.15) is 0 Å². The van der Waals surface area contributed by atoms with Gasteiger partial charge in [-0.3, -0.25) is 0 Å². The first-order valence-electron chi connectivity index (χ1n) is 7.96. The molecule has 2 aliphatic heterocycles. The number of carbonyl (C=O) groups excluding carboxylic acids is 1. The van der Waals surface area contributed by atoms with E-state index in [9.17, 15) is 4.79 Å². The predicted molar refractivity (Wildman–Crippen MR) is 84.9 cm³/mol. The maximum atomic E-state index is 11.7. The summed E-state index contributed by atoms with van der Waals surface area (Å²) in [6.07, 6.45) is 1.88. The zero-order chi connectivity index (χ0) is 15.4. The zero-order valence-corrected chi connectivity index (χ0v) is 12.9. The molecule has 6 heteroatoms. The third kappa shape index (κ3) is 3.21. The number of hydrogen-bond acceptors (Lipinski definition) is 4. The van der Waals surface area contributed by atoms with E-state index in [-0.39, 0.29) is 12.1 Å². The molecule has 1 saturated heterocycles. The average Bonchev–Trinajstić information content (AvgIpc) is 3.00. The number of hydrogen-bond donors (Lipinski definition) is 2. The van der Waals surface area contributed by atoms with Gasteiger partial charge in [-0.25, -0.2) is 4.79 Å². The van der Waals surface area contributed by atoms with E-state index >= 15 is 0 Å². The molecule has 0 aliphatic carbocycles. The van der Waals surface area contributed by atoms with Crippen LogP contribution < -0.4 is 25.0 Å². The fourth-order valence-corrected chi connectivity index (χ4v) is 2.88. The molecular formula is C16H23N3O3. The van der Waals surface area contributed by atoms with Gasteiger partial charge in [0.25, 0.3) is 0 Å². The first kappa shape index (κ1) is 14.8. The van der Waals surface area contributed by atoms with Gasteiger partial charge in [-0.05, 0) is 25.0 Å². The van der Waals surface area contributed by atoms with Crippen LogP contribution in [0.2, 0.25) is 0 Å². The lowest BCUT2D eigenvalue weighted by Gasteiger charge is -2.26. The number of fused-ring (bicyclic) bond motifs is 1. The van der Waals surface area contributed by atoms with E-state index in [4.69, 9.17) is 9.47 Å². The Morgan fingerprint density at radius 1 is 1.36 bits per heavy atom. The molecule has 2 N–H and O–H groups in total. The summed E-state index contributed by atoms with van der Waals surface area (Å²) in [5.74, 6) is 1.63. The normalized spacial score (nSPS) is 19.9. The first-order chi connectivity index (χ1) is 10.8. The van der Waals surface area contributed by atoms with Gasteiger partial charge in [0.2, 0.25) is 0 Å². The lowest BCUT2D eigenvalue weighted by Crippen LogP contribution is -2.43. The largest absolute Gasteiger partial charge is 0.486 e. The Balaban J connectivity index is 1.62. The molecule has 120 valence electrons. The third-order valence-electron chi connectivity index (χ3n) is 3.95. The summed E-state index contributed by atoms with van der Waals surface area (Å²) in [6.45, 7) is 5.62. The summed E-state index contributed by atoms with van der Waals surface area (Å²) >= 11 is 0. The van der Waals surface area contributed by atoms with Crippen LogP contribution in [0.25, 0.3) is 0 Å². The highest BCUT2D eigenvalue weighted by Gasteiger charge is 2.27. The minimum atomic E-state index is -0.0802. The Labute approximate surface area is 130 Å². The number of nitrogens with one attached hydrogen (secondary N) is 2. The number of benzene rings is 1. The molecule has 0 spiro atoms. The summed E-state index contributed by atoms with van der Waals surface area (Å²) < 4.78 is 11.4. The molecule has 0 unspecified atom stereocenters. The smallest absolute Gasteiger partial charge is 0.315 e. The van der Waals surface area contributed by atoms with Crippen LogP contribution in [0.4, 0.5) is 10.5 Å². The van der Waals surface area contributed by atoms with Crippen LogP contribution in [0.15, 0.2) is 18.2 Å². The standard InChI is InChI=1S/C16H23N3O3/c1-2-7-17-16(20)18-12-6-8-19(11-12)13-4-3-5-14-15(13)22-10-9-21-14/h3-5,12H,2,6-11H2,1H3,(H2,17,18,20)/t12-/m0/s1. The van der Waals surface area contributed by atoms with Gasteiger partial charge in [-0.15, -0.1) is 0 Å². The Morgan fingerprint density at radius 2 is 2.23 bits per heavy atom. The Kier molecular flexibility index (Phi) is 4.56. The minimum absolute atomic E-state index is 0.0802. The van der Waals surface area contributed by atoms with E-state index in [1.165, 1.54) is 0 Å². The average molecular weight is 305 g/mol. The van der Waals surface area contributed by atoms with Crippen molar-refractivity contribution in [3.8, 4) is 11.5 Å². The maximum Gasteiger partial charge on any atom is 0.315 e. The summed E-state index contributed by atoms with van der Waals surface area (Å²) in [7, 11) is 0. The van der Waals surface area contributed by atoms with Gasteiger partial charge in [0, 0.05) is 25.7 Å². The molecule has 1 fully saturated rings. The lowest BCUT2D eigenvalue weighted by atomic mass is 10.2. The van der Waals surface area contributed by atoms with Crippen LogP contribution in [-0.4, -0.2) is 44.9 Å². The topological polar surface area (TPSA) is 62.8 Å². The van der Waals surface area contributed by atoms with Crippen molar-refractivity contribution in [1.82, 2.24) is 10.6 Å². The van der Waals surface area contributed by atoms with Crippen molar-refractivity contribution in [3.05, 3.63) is 18.2 Å². The van der Waals surface area contributed by atoms with Crippen molar-refractivity contribution >= 4 is 11.7 Å². The molecule has 0 bridgehead atoms. The first-order valence-corrected chi connectivity index (χ1v) is 7.96. The number of carbonyl (C=O) groups is 1. The predicted octanol–water partition coefficient (Wildman–Crippen LogP) is 1.75. The fraction of sp³-hybridized carbons (Fsp3) is 0.562. The second-order valence-electron chi connectivity index (χ2n) is 5.63. The quantitative estimate of drug-likeness (QED) is 0.889. The number of rotatable bonds is 4. The van der Waals surface area contributed by atoms with E-state index in [1.807, 2.05) is 25.1 Å². The highest BCUT2D eigenvalue weighted by atomic mass is 16.6. The monoisotopic (exact) mass is 305 g/mol. The van der Waals surface area contributed by atoms with Crippen LogP contribution in [0, 0.1) is 0 Å². The number of ether oxygens (including phenoxy) is 2. The van der Waals surface area contributed by atoms with E-state index < -0.39 is 0 Å². The summed E-state index contributed by atoms with van der Waals surface area (Å²) in [5.41, 5.74) is 1.05. The minimum Gasteiger partial charge on any atom is -0.486 e. The van der Waals surface area contributed by atoms with Gasteiger partial charge >= 0.3 is 6.03 Å².